The van der Waals surface area contributed by atoms with Crippen LogP contribution in [0.3, 0.4) is 0 Å². The van der Waals surface area contributed by atoms with E-state index in [1.165, 1.54) is 6.08 Å². The Bertz CT molecular complexity index is 321. The summed E-state index contributed by atoms with van der Waals surface area (Å²) in [4.78, 5) is 17.5. The van der Waals surface area contributed by atoms with Gasteiger partial charge in [-0.2, -0.15) is 4.99 Å². The lowest BCUT2D eigenvalue weighted by molar-refractivity contribution is 0.559. The molecule has 1 unspecified atom stereocenters. The van der Waals surface area contributed by atoms with Gasteiger partial charge in [-0.05, 0) is 34.5 Å². The van der Waals surface area contributed by atoms with E-state index in [-0.39, 0.29) is 6.04 Å². The van der Waals surface area contributed by atoms with Crippen molar-refractivity contribution >= 4 is 22.0 Å². The van der Waals surface area contributed by atoms with Crippen LogP contribution in [0.25, 0.3) is 0 Å². The second-order valence-corrected chi connectivity index (χ2v) is 3.15. The molecule has 62 valence electrons. The Kier molecular flexibility index (Phi) is 3.14. The molecule has 12 heavy (non-hydrogen) atoms. The van der Waals surface area contributed by atoms with Crippen molar-refractivity contribution in [3.05, 3.63) is 28.5 Å². The Morgan fingerprint density at radius 2 is 2.50 bits per heavy atom. The first-order valence-electron chi connectivity index (χ1n) is 3.42. The molecule has 0 N–H and O–H groups in total. The van der Waals surface area contributed by atoms with Gasteiger partial charge in [0.1, 0.15) is 0 Å². The standard InChI is InChI=1S/C8H7BrN2O/c1-6(11-5-12)7-2-3-10-4-8(7)9/h2-4,6H,1H3. The third kappa shape index (κ3) is 2.00. The van der Waals surface area contributed by atoms with Gasteiger partial charge in [0, 0.05) is 16.9 Å². The van der Waals surface area contributed by atoms with E-state index in [2.05, 4.69) is 25.9 Å². The molecule has 0 fully saturated rings. The van der Waals surface area contributed by atoms with Gasteiger partial charge in [-0.3, -0.25) is 4.98 Å². The zero-order chi connectivity index (χ0) is 8.97. The Balaban J connectivity index is 3.02. The van der Waals surface area contributed by atoms with Gasteiger partial charge in [0.15, 0.2) is 0 Å². The average Bonchev–Trinajstić information content (AvgIpc) is 2.05. The van der Waals surface area contributed by atoms with Crippen molar-refractivity contribution in [2.45, 2.75) is 13.0 Å². The number of pyridine rings is 1. The van der Waals surface area contributed by atoms with Crippen LogP contribution in [0.1, 0.15) is 18.5 Å². The number of hydrogen-bond acceptors (Lipinski definition) is 3. The van der Waals surface area contributed by atoms with Gasteiger partial charge in [0.2, 0.25) is 6.08 Å². The van der Waals surface area contributed by atoms with Crippen LogP contribution < -0.4 is 0 Å². The van der Waals surface area contributed by atoms with Gasteiger partial charge in [-0.1, -0.05) is 0 Å². The molecule has 0 aliphatic carbocycles. The van der Waals surface area contributed by atoms with Crippen molar-refractivity contribution in [2.24, 2.45) is 4.99 Å². The third-order valence-electron chi connectivity index (χ3n) is 1.50. The number of carbonyl (C=O) groups excluding carboxylic acids is 1. The summed E-state index contributed by atoms with van der Waals surface area (Å²) >= 11 is 3.31. The van der Waals surface area contributed by atoms with Gasteiger partial charge >= 0.3 is 0 Å². The topological polar surface area (TPSA) is 42.3 Å². The molecule has 0 saturated carbocycles. The van der Waals surface area contributed by atoms with Crippen molar-refractivity contribution < 1.29 is 4.79 Å². The SMILES string of the molecule is CC(N=C=O)c1ccncc1Br. The maximum Gasteiger partial charge on any atom is 0.235 e. The Morgan fingerprint density at radius 1 is 1.75 bits per heavy atom. The highest BCUT2D eigenvalue weighted by atomic mass is 79.9. The van der Waals surface area contributed by atoms with Crippen molar-refractivity contribution in [1.29, 1.82) is 0 Å². The lowest BCUT2D eigenvalue weighted by atomic mass is 10.1. The Hall–Kier alpha value is -0.990. The minimum absolute atomic E-state index is 0.167. The molecule has 4 heteroatoms. The summed E-state index contributed by atoms with van der Waals surface area (Å²) in [6, 6.07) is 1.65. The molecule has 0 aliphatic rings. The quantitative estimate of drug-likeness (QED) is 0.574. The fourth-order valence-corrected chi connectivity index (χ4v) is 1.46. The van der Waals surface area contributed by atoms with E-state index in [0.29, 0.717) is 0 Å². The monoisotopic (exact) mass is 226 g/mol. The number of rotatable bonds is 2. The molecule has 1 heterocycles. The second kappa shape index (κ2) is 4.14. The van der Waals surface area contributed by atoms with Crippen molar-refractivity contribution in [3.8, 4) is 0 Å². The van der Waals surface area contributed by atoms with Gasteiger partial charge in [0.05, 0.1) is 6.04 Å². The fourth-order valence-electron chi connectivity index (χ4n) is 0.873. The van der Waals surface area contributed by atoms with Crippen LogP contribution >= 0.6 is 15.9 Å². The van der Waals surface area contributed by atoms with E-state index >= 15 is 0 Å². The minimum atomic E-state index is -0.167. The van der Waals surface area contributed by atoms with Crippen LogP contribution in [0, 0.1) is 0 Å². The van der Waals surface area contributed by atoms with Crippen LogP contribution in [-0.4, -0.2) is 11.1 Å². The molecule has 0 radical (unpaired) electrons. The summed E-state index contributed by atoms with van der Waals surface area (Å²) in [5.74, 6) is 0. The highest BCUT2D eigenvalue weighted by Gasteiger charge is 2.06. The van der Waals surface area contributed by atoms with E-state index in [9.17, 15) is 4.79 Å². The smallest absolute Gasteiger partial charge is 0.235 e. The predicted octanol–water partition coefficient (Wildman–Crippen LogP) is 2.24. The molecule has 1 aromatic heterocycles. The van der Waals surface area contributed by atoms with Crippen LogP contribution in [-0.2, 0) is 4.79 Å². The normalized spacial score (nSPS) is 11.8. The van der Waals surface area contributed by atoms with Crippen LogP contribution in [0.2, 0.25) is 0 Å². The maximum atomic E-state index is 9.98. The average molecular weight is 227 g/mol. The number of hydrogen-bond donors (Lipinski definition) is 0. The van der Waals surface area contributed by atoms with E-state index < -0.39 is 0 Å². The van der Waals surface area contributed by atoms with E-state index in [4.69, 9.17) is 0 Å². The molecule has 0 bridgehead atoms. The van der Waals surface area contributed by atoms with Crippen molar-refractivity contribution in [2.75, 3.05) is 0 Å². The van der Waals surface area contributed by atoms with Crippen molar-refractivity contribution in [3.63, 3.8) is 0 Å². The molecule has 0 aliphatic heterocycles. The van der Waals surface area contributed by atoms with E-state index in [0.717, 1.165) is 10.0 Å². The minimum Gasteiger partial charge on any atom is -0.264 e. The number of halogens is 1. The first kappa shape index (κ1) is 9.10. The molecule has 0 amide bonds. The van der Waals surface area contributed by atoms with Gasteiger partial charge in [0.25, 0.3) is 0 Å². The summed E-state index contributed by atoms with van der Waals surface area (Å²) in [5.41, 5.74) is 0.938. The van der Waals surface area contributed by atoms with Gasteiger partial charge < -0.3 is 0 Å². The number of aliphatic imine (C=N–C) groups is 1. The van der Waals surface area contributed by atoms with Crippen LogP contribution in [0.4, 0.5) is 0 Å². The lowest BCUT2D eigenvalue weighted by Gasteiger charge is -2.05. The zero-order valence-corrected chi connectivity index (χ0v) is 8.08. The summed E-state index contributed by atoms with van der Waals surface area (Å²) in [6.45, 7) is 1.82. The molecule has 1 rings (SSSR count). The molecule has 0 spiro atoms. The van der Waals surface area contributed by atoms with E-state index in [1.807, 2.05) is 13.0 Å². The number of aromatic nitrogens is 1. The molecule has 1 aromatic rings. The zero-order valence-electron chi connectivity index (χ0n) is 6.49. The Morgan fingerprint density at radius 3 is 3.08 bits per heavy atom. The number of nitrogens with zero attached hydrogens (tertiary/aromatic N) is 2. The summed E-state index contributed by atoms with van der Waals surface area (Å²) in [5, 5.41) is 0. The molecule has 0 aromatic carbocycles. The largest absolute Gasteiger partial charge is 0.264 e. The number of isocyanates is 1. The molecule has 3 nitrogen and oxygen atoms in total. The molecule has 1 atom stereocenters. The molecular formula is C8H7BrN2O. The van der Waals surface area contributed by atoms with E-state index in [1.54, 1.807) is 12.4 Å². The Labute approximate surface area is 78.7 Å². The molecular weight excluding hydrogens is 220 g/mol. The first-order valence-corrected chi connectivity index (χ1v) is 4.21. The summed E-state index contributed by atoms with van der Waals surface area (Å²) in [7, 11) is 0. The third-order valence-corrected chi connectivity index (χ3v) is 2.16. The lowest BCUT2D eigenvalue weighted by Crippen LogP contribution is -1.90. The summed E-state index contributed by atoms with van der Waals surface area (Å²) in [6.07, 6.45) is 4.86. The highest BCUT2D eigenvalue weighted by Crippen LogP contribution is 2.23. The first-order chi connectivity index (χ1) is 5.75. The summed E-state index contributed by atoms with van der Waals surface area (Å²) < 4.78 is 0.858. The highest BCUT2D eigenvalue weighted by molar-refractivity contribution is 9.10. The van der Waals surface area contributed by atoms with Crippen molar-refractivity contribution in [1.82, 2.24) is 4.98 Å². The maximum absolute atomic E-state index is 9.98. The second-order valence-electron chi connectivity index (χ2n) is 2.29. The van der Waals surface area contributed by atoms with Crippen LogP contribution in [0.15, 0.2) is 27.9 Å². The van der Waals surface area contributed by atoms with Crippen LogP contribution in [0.5, 0.6) is 0 Å². The molecule has 0 saturated heterocycles. The van der Waals surface area contributed by atoms with Gasteiger partial charge in [-0.15, -0.1) is 0 Å². The van der Waals surface area contributed by atoms with Gasteiger partial charge in [-0.25, -0.2) is 4.79 Å². The fraction of sp³-hybridized carbons (Fsp3) is 0.250. The predicted molar refractivity (Wildman–Crippen MR) is 48.5 cm³/mol.